The Balaban J connectivity index is 2.37. The lowest BCUT2D eigenvalue weighted by Gasteiger charge is -2.31. The minimum absolute atomic E-state index is 0.120. The van der Waals surface area contributed by atoms with Gasteiger partial charge in [-0.2, -0.15) is 0 Å². The van der Waals surface area contributed by atoms with Crippen molar-refractivity contribution < 1.29 is 4.79 Å². The maximum absolute atomic E-state index is 11.9. The largest absolute Gasteiger partial charge is 0.336 e. The van der Waals surface area contributed by atoms with Crippen LogP contribution in [-0.4, -0.2) is 28.4 Å². The number of carbonyl (C=O) groups excluding carboxylic acids is 1. The van der Waals surface area contributed by atoms with Gasteiger partial charge in [0.1, 0.15) is 0 Å². The number of hydrogen-bond acceptors (Lipinski definition) is 2. The van der Waals surface area contributed by atoms with Crippen LogP contribution in [0, 0.1) is 0 Å². The third kappa shape index (κ3) is 1.39. The molecule has 0 saturated heterocycles. The SMILES string of the molecule is CC(C)N1CCc2ncccc2C1=O. The molecule has 1 aliphatic heterocycles. The zero-order valence-corrected chi connectivity index (χ0v) is 8.53. The molecular formula is C11H14N2O. The lowest BCUT2D eigenvalue weighted by molar-refractivity contribution is 0.0686. The Hall–Kier alpha value is -1.38. The number of rotatable bonds is 1. The van der Waals surface area contributed by atoms with Crippen molar-refractivity contribution in [1.82, 2.24) is 9.88 Å². The minimum atomic E-state index is 0.120. The second-order valence-electron chi connectivity index (χ2n) is 3.84. The van der Waals surface area contributed by atoms with E-state index in [0.717, 1.165) is 24.2 Å². The predicted octanol–water partition coefficient (Wildman–Crippen LogP) is 1.49. The van der Waals surface area contributed by atoms with Crippen molar-refractivity contribution in [1.29, 1.82) is 0 Å². The maximum atomic E-state index is 11.9. The zero-order chi connectivity index (χ0) is 10.1. The molecule has 0 fully saturated rings. The van der Waals surface area contributed by atoms with Crippen LogP contribution < -0.4 is 0 Å². The van der Waals surface area contributed by atoms with Crippen LogP contribution in [0.3, 0.4) is 0 Å². The Morgan fingerprint density at radius 3 is 3.00 bits per heavy atom. The van der Waals surface area contributed by atoms with Gasteiger partial charge in [0.15, 0.2) is 0 Å². The average molecular weight is 190 g/mol. The molecule has 0 radical (unpaired) electrons. The summed E-state index contributed by atoms with van der Waals surface area (Å²) in [5.74, 6) is 0.120. The summed E-state index contributed by atoms with van der Waals surface area (Å²) in [5, 5.41) is 0. The summed E-state index contributed by atoms with van der Waals surface area (Å²) in [6.07, 6.45) is 2.62. The molecule has 1 aliphatic rings. The van der Waals surface area contributed by atoms with E-state index < -0.39 is 0 Å². The zero-order valence-electron chi connectivity index (χ0n) is 8.53. The molecule has 2 rings (SSSR count). The van der Waals surface area contributed by atoms with Gasteiger partial charge in [-0.05, 0) is 26.0 Å². The Kier molecular flexibility index (Phi) is 2.23. The Labute approximate surface area is 83.8 Å². The first-order valence-corrected chi connectivity index (χ1v) is 4.95. The summed E-state index contributed by atoms with van der Waals surface area (Å²) in [6, 6.07) is 3.95. The van der Waals surface area contributed by atoms with Crippen LogP contribution in [0.25, 0.3) is 0 Å². The van der Waals surface area contributed by atoms with Crippen LogP contribution in [0.5, 0.6) is 0 Å². The van der Waals surface area contributed by atoms with Crippen molar-refractivity contribution in [2.75, 3.05) is 6.54 Å². The minimum Gasteiger partial charge on any atom is -0.336 e. The number of nitrogens with zero attached hydrogens (tertiary/aromatic N) is 2. The Morgan fingerprint density at radius 2 is 2.29 bits per heavy atom. The molecule has 1 aromatic heterocycles. The Bertz CT molecular complexity index is 360. The molecule has 3 heteroatoms. The number of fused-ring (bicyclic) bond motifs is 1. The van der Waals surface area contributed by atoms with Crippen LogP contribution in [0.2, 0.25) is 0 Å². The molecular weight excluding hydrogens is 176 g/mol. The van der Waals surface area contributed by atoms with Gasteiger partial charge in [0.05, 0.1) is 11.3 Å². The van der Waals surface area contributed by atoms with E-state index in [4.69, 9.17) is 0 Å². The Morgan fingerprint density at radius 1 is 1.50 bits per heavy atom. The highest BCUT2D eigenvalue weighted by atomic mass is 16.2. The van der Waals surface area contributed by atoms with Crippen molar-refractivity contribution >= 4 is 5.91 Å². The molecule has 0 aliphatic carbocycles. The molecule has 0 N–H and O–H groups in total. The molecule has 0 spiro atoms. The summed E-state index contributed by atoms with van der Waals surface area (Å²) in [5.41, 5.74) is 1.71. The van der Waals surface area contributed by atoms with Crippen molar-refractivity contribution in [3.05, 3.63) is 29.6 Å². The van der Waals surface area contributed by atoms with E-state index in [1.54, 1.807) is 6.20 Å². The number of pyridine rings is 1. The van der Waals surface area contributed by atoms with Gasteiger partial charge < -0.3 is 4.90 Å². The molecule has 0 bridgehead atoms. The van der Waals surface area contributed by atoms with Crippen molar-refractivity contribution in [2.24, 2.45) is 0 Å². The van der Waals surface area contributed by atoms with Crippen molar-refractivity contribution in [3.63, 3.8) is 0 Å². The van der Waals surface area contributed by atoms with E-state index >= 15 is 0 Å². The van der Waals surface area contributed by atoms with E-state index in [0.29, 0.717) is 0 Å². The van der Waals surface area contributed by atoms with Gasteiger partial charge in [-0.1, -0.05) is 0 Å². The van der Waals surface area contributed by atoms with Gasteiger partial charge in [0.25, 0.3) is 5.91 Å². The maximum Gasteiger partial charge on any atom is 0.255 e. The third-order valence-electron chi connectivity index (χ3n) is 2.59. The van der Waals surface area contributed by atoms with Gasteiger partial charge in [0, 0.05) is 25.2 Å². The van der Waals surface area contributed by atoms with E-state index in [-0.39, 0.29) is 11.9 Å². The number of hydrogen-bond donors (Lipinski definition) is 0. The summed E-state index contributed by atoms with van der Waals surface area (Å²) in [6.45, 7) is 4.87. The van der Waals surface area contributed by atoms with Crippen LogP contribution in [0.15, 0.2) is 18.3 Å². The molecule has 2 heterocycles. The standard InChI is InChI=1S/C11H14N2O/c1-8(2)13-7-5-10-9(11(13)14)4-3-6-12-10/h3-4,6,8H,5,7H2,1-2H3. The highest BCUT2D eigenvalue weighted by Crippen LogP contribution is 2.17. The average Bonchev–Trinajstić information content (AvgIpc) is 2.18. The molecule has 0 unspecified atom stereocenters. The number of amides is 1. The molecule has 3 nitrogen and oxygen atoms in total. The van der Waals surface area contributed by atoms with Gasteiger partial charge in [-0.3, -0.25) is 9.78 Å². The first-order chi connectivity index (χ1) is 6.70. The lowest BCUT2D eigenvalue weighted by atomic mass is 10.0. The third-order valence-corrected chi connectivity index (χ3v) is 2.59. The number of aromatic nitrogens is 1. The van der Waals surface area contributed by atoms with Crippen molar-refractivity contribution in [3.8, 4) is 0 Å². The molecule has 14 heavy (non-hydrogen) atoms. The fourth-order valence-corrected chi connectivity index (χ4v) is 1.81. The number of carbonyl (C=O) groups is 1. The van der Waals surface area contributed by atoms with Crippen LogP contribution >= 0.6 is 0 Å². The summed E-state index contributed by atoms with van der Waals surface area (Å²) < 4.78 is 0. The normalized spacial score (nSPS) is 15.9. The van der Waals surface area contributed by atoms with Crippen LogP contribution in [0.4, 0.5) is 0 Å². The lowest BCUT2D eigenvalue weighted by Crippen LogP contribution is -2.42. The summed E-state index contributed by atoms with van der Waals surface area (Å²) in [7, 11) is 0. The van der Waals surface area contributed by atoms with Gasteiger partial charge in [0.2, 0.25) is 0 Å². The highest BCUT2D eigenvalue weighted by Gasteiger charge is 2.26. The van der Waals surface area contributed by atoms with Crippen LogP contribution in [0.1, 0.15) is 29.9 Å². The molecule has 1 amide bonds. The van der Waals surface area contributed by atoms with Crippen LogP contribution in [-0.2, 0) is 6.42 Å². The fourth-order valence-electron chi connectivity index (χ4n) is 1.81. The molecule has 0 atom stereocenters. The molecule has 0 aromatic carbocycles. The molecule has 1 aromatic rings. The highest BCUT2D eigenvalue weighted by molar-refractivity contribution is 5.96. The van der Waals surface area contributed by atoms with Gasteiger partial charge >= 0.3 is 0 Å². The first-order valence-electron chi connectivity index (χ1n) is 4.95. The first kappa shape index (κ1) is 9.19. The molecule has 0 saturated carbocycles. The smallest absolute Gasteiger partial charge is 0.255 e. The molecule has 74 valence electrons. The fraction of sp³-hybridized carbons (Fsp3) is 0.455. The predicted molar refractivity (Wildman–Crippen MR) is 54.1 cm³/mol. The summed E-state index contributed by atoms with van der Waals surface area (Å²) >= 11 is 0. The van der Waals surface area contributed by atoms with Gasteiger partial charge in [-0.15, -0.1) is 0 Å². The summed E-state index contributed by atoms with van der Waals surface area (Å²) in [4.78, 5) is 18.1. The van der Waals surface area contributed by atoms with E-state index in [1.807, 2.05) is 30.9 Å². The van der Waals surface area contributed by atoms with E-state index in [9.17, 15) is 4.79 Å². The van der Waals surface area contributed by atoms with Crippen molar-refractivity contribution in [2.45, 2.75) is 26.3 Å². The monoisotopic (exact) mass is 190 g/mol. The quantitative estimate of drug-likeness (QED) is 0.672. The van der Waals surface area contributed by atoms with E-state index in [2.05, 4.69) is 4.98 Å². The second kappa shape index (κ2) is 3.40. The second-order valence-corrected chi connectivity index (χ2v) is 3.84. The van der Waals surface area contributed by atoms with Gasteiger partial charge in [-0.25, -0.2) is 0 Å². The topological polar surface area (TPSA) is 33.2 Å². The van der Waals surface area contributed by atoms with E-state index in [1.165, 1.54) is 0 Å².